The van der Waals surface area contributed by atoms with Crippen molar-refractivity contribution < 1.29 is 4.74 Å². The normalized spacial score (nSPS) is 10.6. The molecule has 5 heteroatoms. The summed E-state index contributed by atoms with van der Waals surface area (Å²) in [4.78, 5) is 0. The zero-order valence-electron chi connectivity index (χ0n) is 11.2. The summed E-state index contributed by atoms with van der Waals surface area (Å²) < 4.78 is 5.76. The third-order valence-corrected chi connectivity index (χ3v) is 3.52. The molecule has 0 spiro atoms. The molecule has 0 amide bonds. The Morgan fingerprint density at radius 3 is 2.58 bits per heavy atom. The van der Waals surface area contributed by atoms with Crippen LogP contribution in [0.2, 0.25) is 5.02 Å². The van der Waals surface area contributed by atoms with E-state index in [1.807, 2.05) is 26.8 Å². The SMILES string of the molecule is Cc1cc(Oc2nnc(C)c(C)c2CN)ccc1Cl. The number of aryl methyl sites for hydroxylation is 2. The molecule has 0 bridgehead atoms. The fourth-order valence-corrected chi connectivity index (χ4v) is 1.87. The number of ether oxygens (including phenoxy) is 1. The van der Waals surface area contributed by atoms with Gasteiger partial charge in [-0.2, -0.15) is 5.10 Å². The lowest BCUT2D eigenvalue weighted by atomic mass is 10.1. The van der Waals surface area contributed by atoms with Gasteiger partial charge in [-0.3, -0.25) is 0 Å². The highest BCUT2D eigenvalue weighted by molar-refractivity contribution is 6.31. The summed E-state index contributed by atoms with van der Waals surface area (Å²) in [5, 5.41) is 8.84. The summed E-state index contributed by atoms with van der Waals surface area (Å²) in [5.41, 5.74) is 9.46. The molecule has 2 N–H and O–H groups in total. The van der Waals surface area contributed by atoms with Crippen molar-refractivity contribution in [2.24, 2.45) is 5.73 Å². The smallest absolute Gasteiger partial charge is 0.243 e. The molecule has 0 aliphatic carbocycles. The number of benzene rings is 1. The molecular formula is C14H16ClN3O. The number of rotatable bonds is 3. The topological polar surface area (TPSA) is 61.0 Å². The third-order valence-electron chi connectivity index (χ3n) is 3.09. The first-order valence-corrected chi connectivity index (χ1v) is 6.37. The van der Waals surface area contributed by atoms with Crippen LogP contribution in [0.3, 0.4) is 0 Å². The van der Waals surface area contributed by atoms with Gasteiger partial charge in [0.15, 0.2) is 0 Å². The zero-order chi connectivity index (χ0) is 14.0. The molecule has 2 rings (SSSR count). The molecule has 0 atom stereocenters. The first-order valence-electron chi connectivity index (χ1n) is 5.99. The minimum Gasteiger partial charge on any atom is -0.437 e. The third kappa shape index (κ3) is 2.85. The van der Waals surface area contributed by atoms with Crippen molar-refractivity contribution in [3.63, 3.8) is 0 Å². The number of aromatic nitrogens is 2. The fourth-order valence-electron chi connectivity index (χ4n) is 1.75. The lowest BCUT2D eigenvalue weighted by molar-refractivity contribution is 0.446. The Morgan fingerprint density at radius 2 is 1.95 bits per heavy atom. The minimum atomic E-state index is 0.365. The molecule has 0 fully saturated rings. The molecular weight excluding hydrogens is 262 g/mol. The van der Waals surface area contributed by atoms with Gasteiger partial charge in [0.25, 0.3) is 0 Å². The lowest BCUT2D eigenvalue weighted by Gasteiger charge is -2.12. The Morgan fingerprint density at radius 1 is 1.21 bits per heavy atom. The number of nitrogens with zero attached hydrogens (tertiary/aromatic N) is 2. The standard InChI is InChI=1S/C14H16ClN3O/c1-8-6-11(4-5-13(8)15)19-14-12(7-16)9(2)10(3)17-18-14/h4-6H,7,16H2,1-3H3. The van der Waals surface area contributed by atoms with E-state index in [1.54, 1.807) is 12.1 Å². The average Bonchev–Trinajstić information content (AvgIpc) is 2.39. The summed E-state index contributed by atoms with van der Waals surface area (Å²) >= 11 is 5.98. The maximum Gasteiger partial charge on any atom is 0.243 e. The second-order valence-electron chi connectivity index (χ2n) is 4.41. The van der Waals surface area contributed by atoms with Gasteiger partial charge in [0.1, 0.15) is 5.75 Å². The van der Waals surface area contributed by atoms with Crippen molar-refractivity contribution >= 4 is 11.6 Å². The first-order chi connectivity index (χ1) is 9.02. The summed E-state index contributed by atoms with van der Waals surface area (Å²) in [6.07, 6.45) is 0. The second-order valence-corrected chi connectivity index (χ2v) is 4.82. The van der Waals surface area contributed by atoms with Crippen molar-refractivity contribution in [3.8, 4) is 11.6 Å². The number of hydrogen-bond acceptors (Lipinski definition) is 4. The predicted octanol–water partition coefficient (Wildman–Crippen LogP) is 3.31. The monoisotopic (exact) mass is 277 g/mol. The van der Waals surface area contributed by atoms with Gasteiger partial charge in [0, 0.05) is 17.1 Å². The van der Waals surface area contributed by atoms with Gasteiger partial charge < -0.3 is 10.5 Å². The summed E-state index contributed by atoms with van der Waals surface area (Å²) in [5.74, 6) is 1.13. The van der Waals surface area contributed by atoms with Gasteiger partial charge in [0.05, 0.1) is 5.69 Å². The van der Waals surface area contributed by atoms with Crippen molar-refractivity contribution in [1.29, 1.82) is 0 Å². The van der Waals surface area contributed by atoms with Crippen LogP contribution in [0.15, 0.2) is 18.2 Å². The van der Waals surface area contributed by atoms with E-state index in [4.69, 9.17) is 22.1 Å². The van der Waals surface area contributed by atoms with Crippen LogP contribution in [-0.2, 0) is 6.54 Å². The molecule has 0 aliphatic heterocycles. The van der Waals surface area contributed by atoms with Crippen LogP contribution < -0.4 is 10.5 Å². The Labute approximate surface area is 117 Å². The van der Waals surface area contributed by atoms with Crippen LogP contribution in [0.4, 0.5) is 0 Å². The number of nitrogens with two attached hydrogens (primary N) is 1. The molecule has 1 aromatic carbocycles. The predicted molar refractivity (Wildman–Crippen MR) is 75.7 cm³/mol. The van der Waals surface area contributed by atoms with E-state index < -0.39 is 0 Å². The first kappa shape index (κ1) is 13.8. The van der Waals surface area contributed by atoms with E-state index in [0.29, 0.717) is 23.2 Å². The quantitative estimate of drug-likeness (QED) is 0.935. The fraction of sp³-hybridized carbons (Fsp3) is 0.286. The Balaban J connectivity index is 2.38. The Bertz CT molecular complexity index is 614. The molecule has 100 valence electrons. The molecule has 0 saturated carbocycles. The number of halogens is 1. The van der Waals surface area contributed by atoms with Crippen LogP contribution in [0.25, 0.3) is 0 Å². The van der Waals surface area contributed by atoms with Crippen LogP contribution in [0.1, 0.15) is 22.4 Å². The second kappa shape index (κ2) is 5.55. The summed E-state index contributed by atoms with van der Waals surface area (Å²) in [6.45, 7) is 6.15. The minimum absolute atomic E-state index is 0.365. The molecule has 0 radical (unpaired) electrons. The molecule has 1 aromatic heterocycles. The van der Waals surface area contributed by atoms with Gasteiger partial charge in [-0.15, -0.1) is 5.10 Å². The van der Waals surface area contributed by atoms with Gasteiger partial charge in [-0.05, 0) is 50.1 Å². The van der Waals surface area contributed by atoms with E-state index in [1.165, 1.54) is 0 Å². The van der Waals surface area contributed by atoms with Crippen molar-refractivity contribution in [2.45, 2.75) is 27.3 Å². The average molecular weight is 278 g/mol. The highest BCUT2D eigenvalue weighted by atomic mass is 35.5. The van der Waals surface area contributed by atoms with Gasteiger partial charge in [-0.1, -0.05) is 11.6 Å². The van der Waals surface area contributed by atoms with E-state index in [0.717, 1.165) is 22.4 Å². The van der Waals surface area contributed by atoms with Crippen molar-refractivity contribution in [3.05, 3.63) is 45.6 Å². The van der Waals surface area contributed by atoms with Gasteiger partial charge in [0.2, 0.25) is 5.88 Å². The molecule has 2 aromatic rings. The van der Waals surface area contributed by atoms with Crippen molar-refractivity contribution in [2.75, 3.05) is 0 Å². The molecule has 0 saturated heterocycles. The molecule has 0 unspecified atom stereocenters. The Hall–Kier alpha value is -1.65. The maximum atomic E-state index is 5.98. The van der Waals surface area contributed by atoms with E-state index in [-0.39, 0.29) is 0 Å². The van der Waals surface area contributed by atoms with Crippen molar-refractivity contribution in [1.82, 2.24) is 10.2 Å². The molecule has 19 heavy (non-hydrogen) atoms. The van der Waals surface area contributed by atoms with Crippen LogP contribution in [-0.4, -0.2) is 10.2 Å². The highest BCUT2D eigenvalue weighted by Crippen LogP contribution is 2.28. The lowest BCUT2D eigenvalue weighted by Crippen LogP contribution is -2.07. The highest BCUT2D eigenvalue weighted by Gasteiger charge is 2.12. The van der Waals surface area contributed by atoms with Crippen LogP contribution >= 0.6 is 11.6 Å². The largest absolute Gasteiger partial charge is 0.437 e. The van der Waals surface area contributed by atoms with Crippen LogP contribution in [0.5, 0.6) is 11.6 Å². The van der Waals surface area contributed by atoms with E-state index in [9.17, 15) is 0 Å². The number of hydrogen-bond donors (Lipinski definition) is 1. The van der Waals surface area contributed by atoms with Crippen LogP contribution in [0, 0.1) is 20.8 Å². The Kier molecular flexibility index (Phi) is 4.02. The van der Waals surface area contributed by atoms with E-state index >= 15 is 0 Å². The van der Waals surface area contributed by atoms with Gasteiger partial charge >= 0.3 is 0 Å². The molecule has 4 nitrogen and oxygen atoms in total. The maximum absolute atomic E-state index is 5.98. The molecule has 1 heterocycles. The molecule has 0 aliphatic rings. The van der Waals surface area contributed by atoms with E-state index in [2.05, 4.69) is 10.2 Å². The van der Waals surface area contributed by atoms with Gasteiger partial charge in [-0.25, -0.2) is 0 Å². The summed E-state index contributed by atoms with van der Waals surface area (Å²) in [6, 6.07) is 5.45. The summed E-state index contributed by atoms with van der Waals surface area (Å²) in [7, 11) is 0. The zero-order valence-corrected chi connectivity index (χ0v) is 12.0.